The van der Waals surface area contributed by atoms with Gasteiger partial charge in [0.1, 0.15) is 10.7 Å². The Labute approximate surface area is 119 Å². The standard InChI is InChI=1S/C14H21FN2O2S/c1-14(2,3)17-20(18,19)13-7-4-10(8-12(13)15)9-16-11-5-6-11/h4,7-8,11,16-17H,5-6,9H2,1-3H3. The largest absolute Gasteiger partial charge is 0.310 e. The Hall–Kier alpha value is -0.980. The van der Waals surface area contributed by atoms with Crippen molar-refractivity contribution in [2.45, 2.75) is 56.6 Å². The number of benzene rings is 1. The van der Waals surface area contributed by atoms with Gasteiger partial charge in [0, 0.05) is 18.1 Å². The molecule has 0 unspecified atom stereocenters. The van der Waals surface area contributed by atoms with E-state index in [9.17, 15) is 12.8 Å². The minimum atomic E-state index is -3.83. The number of hydrogen-bond donors (Lipinski definition) is 2. The Morgan fingerprint density at radius 2 is 1.95 bits per heavy atom. The van der Waals surface area contributed by atoms with Gasteiger partial charge in [-0.3, -0.25) is 0 Å². The lowest BCUT2D eigenvalue weighted by molar-refractivity contribution is 0.486. The summed E-state index contributed by atoms with van der Waals surface area (Å²) in [4.78, 5) is -0.303. The predicted octanol–water partition coefficient (Wildman–Crippen LogP) is 2.15. The van der Waals surface area contributed by atoms with Crippen LogP contribution in [-0.4, -0.2) is 20.0 Å². The van der Waals surface area contributed by atoms with Crippen LogP contribution >= 0.6 is 0 Å². The maximum Gasteiger partial charge on any atom is 0.243 e. The molecule has 1 fully saturated rings. The monoisotopic (exact) mass is 300 g/mol. The highest BCUT2D eigenvalue weighted by atomic mass is 32.2. The molecule has 2 N–H and O–H groups in total. The number of hydrogen-bond acceptors (Lipinski definition) is 3. The van der Waals surface area contributed by atoms with E-state index in [1.54, 1.807) is 26.8 Å². The van der Waals surface area contributed by atoms with Crippen LogP contribution in [0.2, 0.25) is 0 Å². The zero-order valence-electron chi connectivity index (χ0n) is 12.0. The molecule has 0 aliphatic heterocycles. The minimum Gasteiger partial charge on any atom is -0.310 e. The molecule has 2 rings (SSSR count). The topological polar surface area (TPSA) is 58.2 Å². The van der Waals surface area contributed by atoms with Crippen molar-refractivity contribution in [1.29, 1.82) is 0 Å². The number of rotatable bonds is 5. The first-order chi connectivity index (χ1) is 9.17. The molecule has 112 valence electrons. The van der Waals surface area contributed by atoms with Crippen LogP contribution in [0.25, 0.3) is 0 Å². The first-order valence-electron chi connectivity index (χ1n) is 6.73. The fraction of sp³-hybridized carbons (Fsp3) is 0.571. The fourth-order valence-corrected chi connectivity index (χ4v) is 3.36. The van der Waals surface area contributed by atoms with E-state index in [0.29, 0.717) is 12.6 Å². The van der Waals surface area contributed by atoms with E-state index in [2.05, 4.69) is 10.0 Å². The van der Waals surface area contributed by atoms with E-state index < -0.39 is 21.4 Å². The molecule has 0 bridgehead atoms. The molecule has 20 heavy (non-hydrogen) atoms. The van der Waals surface area contributed by atoms with E-state index in [1.807, 2.05) is 0 Å². The highest BCUT2D eigenvalue weighted by Gasteiger charge is 2.25. The van der Waals surface area contributed by atoms with Crippen LogP contribution in [-0.2, 0) is 16.6 Å². The van der Waals surface area contributed by atoms with E-state index in [4.69, 9.17) is 0 Å². The fourth-order valence-electron chi connectivity index (χ4n) is 1.88. The highest BCUT2D eigenvalue weighted by molar-refractivity contribution is 7.89. The average molecular weight is 300 g/mol. The SMILES string of the molecule is CC(C)(C)NS(=O)(=O)c1ccc(CNC2CC2)cc1F. The van der Waals surface area contributed by atoms with Gasteiger partial charge in [-0.15, -0.1) is 0 Å². The lowest BCUT2D eigenvalue weighted by Gasteiger charge is -2.20. The number of nitrogens with one attached hydrogen (secondary N) is 2. The molecule has 0 saturated heterocycles. The lowest BCUT2D eigenvalue weighted by Crippen LogP contribution is -2.40. The Balaban J connectivity index is 2.15. The second-order valence-electron chi connectivity index (χ2n) is 6.28. The normalized spacial score (nSPS) is 16.4. The molecule has 0 atom stereocenters. The molecule has 1 saturated carbocycles. The Morgan fingerprint density at radius 1 is 1.30 bits per heavy atom. The summed E-state index contributed by atoms with van der Waals surface area (Å²) >= 11 is 0. The summed E-state index contributed by atoms with van der Waals surface area (Å²) in [6.45, 7) is 5.72. The summed E-state index contributed by atoms with van der Waals surface area (Å²) in [7, 11) is -3.83. The molecule has 0 aromatic heterocycles. The van der Waals surface area contributed by atoms with Gasteiger partial charge in [0.15, 0.2) is 0 Å². The van der Waals surface area contributed by atoms with Crippen molar-refractivity contribution in [3.8, 4) is 0 Å². The van der Waals surface area contributed by atoms with Crippen molar-refractivity contribution < 1.29 is 12.8 Å². The average Bonchev–Trinajstić information content (AvgIpc) is 3.06. The third-order valence-electron chi connectivity index (χ3n) is 2.90. The molecule has 1 aliphatic rings. The van der Waals surface area contributed by atoms with Gasteiger partial charge in [-0.2, -0.15) is 0 Å². The van der Waals surface area contributed by atoms with Crippen molar-refractivity contribution in [3.05, 3.63) is 29.6 Å². The summed E-state index contributed by atoms with van der Waals surface area (Å²) in [6, 6.07) is 4.79. The van der Waals surface area contributed by atoms with Gasteiger partial charge in [-0.05, 0) is 51.3 Å². The summed E-state index contributed by atoms with van der Waals surface area (Å²) in [5, 5.41) is 3.26. The van der Waals surface area contributed by atoms with Gasteiger partial charge >= 0.3 is 0 Å². The molecule has 1 aromatic rings. The molecule has 1 aromatic carbocycles. The van der Waals surface area contributed by atoms with Crippen LogP contribution in [0.5, 0.6) is 0 Å². The maximum absolute atomic E-state index is 14.0. The van der Waals surface area contributed by atoms with Gasteiger partial charge in [-0.25, -0.2) is 17.5 Å². The maximum atomic E-state index is 14.0. The predicted molar refractivity (Wildman–Crippen MR) is 76.3 cm³/mol. The quantitative estimate of drug-likeness (QED) is 0.876. The zero-order valence-corrected chi connectivity index (χ0v) is 12.8. The molecule has 0 amide bonds. The van der Waals surface area contributed by atoms with Crippen LogP contribution in [0.3, 0.4) is 0 Å². The Morgan fingerprint density at radius 3 is 2.45 bits per heavy atom. The number of halogens is 1. The first kappa shape index (κ1) is 15.4. The van der Waals surface area contributed by atoms with E-state index in [-0.39, 0.29) is 4.90 Å². The van der Waals surface area contributed by atoms with E-state index >= 15 is 0 Å². The highest BCUT2D eigenvalue weighted by Crippen LogP contribution is 2.21. The van der Waals surface area contributed by atoms with Crippen LogP contribution in [0, 0.1) is 5.82 Å². The molecule has 6 heteroatoms. The Kier molecular flexibility index (Phi) is 4.18. The second-order valence-corrected chi connectivity index (χ2v) is 7.93. The molecule has 0 radical (unpaired) electrons. The molecule has 4 nitrogen and oxygen atoms in total. The summed E-state index contributed by atoms with van der Waals surface area (Å²) in [5.41, 5.74) is 0.112. The summed E-state index contributed by atoms with van der Waals surface area (Å²) < 4.78 is 40.6. The second kappa shape index (κ2) is 5.42. The summed E-state index contributed by atoms with van der Waals surface area (Å²) in [5.74, 6) is -0.711. The minimum absolute atomic E-state index is 0.303. The molecule has 1 aliphatic carbocycles. The van der Waals surface area contributed by atoms with Crippen molar-refractivity contribution in [2.75, 3.05) is 0 Å². The van der Waals surface area contributed by atoms with Gasteiger partial charge < -0.3 is 5.32 Å². The van der Waals surface area contributed by atoms with Gasteiger partial charge in [-0.1, -0.05) is 6.07 Å². The van der Waals surface area contributed by atoms with E-state index in [0.717, 1.165) is 18.4 Å². The van der Waals surface area contributed by atoms with Crippen molar-refractivity contribution in [2.24, 2.45) is 0 Å². The Bertz CT molecular complexity index is 590. The van der Waals surface area contributed by atoms with Crippen LogP contribution in [0.1, 0.15) is 39.2 Å². The smallest absolute Gasteiger partial charge is 0.243 e. The zero-order chi connectivity index (χ0) is 15.0. The van der Waals surface area contributed by atoms with Crippen LogP contribution in [0.4, 0.5) is 4.39 Å². The van der Waals surface area contributed by atoms with Crippen molar-refractivity contribution in [3.63, 3.8) is 0 Å². The molecule has 0 heterocycles. The van der Waals surface area contributed by atoms with Crippen molar-refractivity contribution >= 4 is 10.0 Å². The van der Waals surface area contributed by atoms with Crippen LogP contribution < -0.4 is 10.0 Å². The molecular formula is C14H21FN2O2S. The first-order valence-corrected chi connectivity index (χ1v) is 8.21. The van der Waals surface area contributed by atoms with Gasteiger partial charge in [0.05, 0.1) is 0 Å². The number of sulfonamides is 1. The van der Waals surface area contributed by atoms with E-state index in [1.165, 1.54) is 12.1 Å². The summed E-state index contributed by atoms with van der Waals surface area (Å²) in [6.07, 6.45) is 2.31. The third kappa shape index (κ3) is 4.26. The van der Waals surface area contributed by atoms with Crippen LogP contribution in [0.15, 0.2) is 23.1 Å². The third-order valence-corrected chi connectivity index (χ3v) is 4.69. The molecule has 0 spiro atoms. The molecular weight excluding hydrogens is 279 g/mol. The van der Waals surface area contributed by atoms with Gasteiger partial charge in [0.25, 0.3) is 0 Å². The van der Waals surface area contributed by atoms with Crippen molar-refractivity contribution in [1.82, 2.24) is 10.0 Å². The lowest BCUT2D eigenvalue weighted by atomic mass is 10.1. The van der Waals surface area contributed by atoms with Gasteiger partial charge in [0.2, 0.25) is 10.0 Å².